The lowest BCUT2D eigenvalue weighted by Gasteiger charge is -2.20. The molecular weight excluding hydrogens is 250 g/mol. The smallest absolute Gasteiger partial charge is 0.346 e. The van der Waals surface area contributed by atoms with Gasteiger partial charge in [-0.05, 0) is 19.8 Å². The van der Waals surface area contributed by atoms with Crippen molar-refractivity contribution in [1.29, 1.82) is 0 Å². The highest BCUT2D eigenvalue weighted by Gasteiger charge is 2.87. The van der Waals surface area contributed by atoms with Crippen LogP contribution in [0.25, 0.3) is 0 Å². The molecule has 0 spiro atoms. The largest absolute Gasteiger partial charge is 0.464 e. The predicted molar refractivity (Wildman–Crippen MR) is 52.7 cm³/mol. The van der Waals surface area contributed by atoms with E-state index >= 15 is 0 Å². The number of carbonyl (C=O) groups is 1. The van der Waals surface area contributed by atoms with Crippen molar-refractivity contribution in [2.75, 3.05) is 6.61 Å². The third-order valence-electron chi connectivity index (χ3n) is 2.64. The van der Waals surface area contributed by atoms with E-state index in [-0.39, 0.29) is 6.61 Å². The molecule has 0 radical (unpaired) electrons. The SMILES string of the molecule is CCOC(=O)C12OC1(Cl)CCC2(Cl)Cl. The Balaban J connectivity index is 2.28. The van der Waals surface area contributed by atoms with Crippen LogP contribution in [0, 0.1) is 0 Å². The lowest BCUT2D eigenvalue weighted by Crippen LogP contribution is -2.42. The minimum atomic E-state index is -1.36. The summed E-state index contributed by atoms with van der Waals surface area (Å²) in [6.45, 7) is 1.95. The second-order valence-electron chi connectivity index (χ2n) is 3.44. The van der Waals surface area contributed by atoms with Gasteiger partial charge in [0.1, 0.15) is 0 Å². The second kappa shape index (κ2) is 2.91. The zero-order valence-electron chi connectivity index (χ0n) is 7.48. The van der Waals surface area contributed by atoms with Gasteiger partial charge < -0.3 is 9.47 Å². The Kier molecular flexibility index (Phi) is 2.25. The number of hydrogen-bond donors (Lipinski definition) is 0. The van der Waals surface area contributed by atoms with Crippen molar-refractivity contribution in [3.8, 4) is 0 Å². The molecule has 2 rings (SSSR count). The molecule has 80 valence electrons. The Morgan fingerprint density at radius 3 is 2.43 bits per heavy atom. The zero-order valence-corrected chi connectivity index (χ0v) is 9.75. The molecule has 0 N–H and O–H groups in total. The molecule has 2 fully saturated rings. The van der Waals surface area contributed by atoms with Gasteiger partial charge in [0.05, 0.1) is 6.61 Å². The van der Waals surface area contributed by atoms with Crippen molar-refractivity contribution in [1.82, 2.24) is 0 Å². The number of halogens is 3. The molecular formula is C8H9Cl3O3. The number of carbonyl (C=O) groups excluding carboxylic acids is 1. The molecule has 0 amide bonds. The quantitative estimate of drug-likeness (QED) is 0.434. The van der Waals surface area contributed by atoms with E-state index in [4.69, 9.17) is 44.3 Å². The van der Waals surface area contributed by atoms with Gasteiger partial charge in [-0.15, -0.1) is 0 Å². The molecule has 2 aliphatic rings. The van der Waals surface area contributed by atoms with Crippen LogP contribution in [0.4, 0.5) is 0 Å². The molecule has 3 nitrogen and oxygen atoms in total. The van der Waals surface area contributed by atoms with Gasteiger partial charge in [-0.25, -0.2) is 4.79 Å². The van der Waals surface area contributed by atoms with Crippen LogP contribution in [0.5, 0.6) is 0 Å². The van der Waals surface area contributed by atoms with E-state index in [1.165, 1.54) is 0 Å². The van der Waals surface area contributed by atoms with Gasteiger partial charge in [0, 0.05) is 0 Å². The third-order valence-corrected chi connectivity index (χ3v) is 4.08. The maximum atomic E-state index is 11.6. The predicted octanol–water partition coefficient (Wildman–Crippen LogP) is 2.22. The fraction of sp³-hybridized carbons (Fsp3) is 0.875. The Morgan fingerprint density at radius 1 is 1.43 bits per heavy atom. The average molecular weight is 260 g/mol. The Labute approximate surface area is 96.6 Å². The molecule has 1 heterocycles. The minimum Gasteiger partial charge on any atom is -0.464 e. The molecule has 14 heavy (non-hydrogen) atoms. The molecule has 0 aromatic carbocycles. The van der Waals surface area contributed by atoms with E-state index in [1.807, 2.05) is 0 Å². The number of rotatable bonds is 2. The van der Waals surface area contributed by atoms with E-state index in [9.17, 15) is 4.79 Å². The van der Waals surface area contributed by atoms with E-state index < -0.39 is 21.0 Å². The van der Waals surface area contributed by atoms with Gasteiger partial charge in [-0.2, -0.15) is 0 Å². The van der Waals surface area contributed by atoms with Crippen molar-refractivity contribution in [2.24, 2.45) is 0 Å². The molecule has 6 heteroatoms. The number of hydrogen-bond acceptors (Lipinski definition) is 3. The number of epoxide rings is 1. The highest BCUT2D eigenvalue weighted by atomic mass is 35.5. The van der Waals surface area contributed by atoms with Gasteiger partial charge >= 0.3 is 5.97 Å². The van der Waals surface area contributed by atoms with Gasteiger partial charge in [-0.1, -0.05) is 34.8 Å². The summed E-state index contributed by atoms with van der Waals surface area (Å²) in [6, 6.07) is 0. The first-order valence-corrected chi connectivity index (χ1v) is 5.47. The normalized spacial score (nSPS) is 43.1. The topological polar surface area (TPSA) is 38.8 Å². The van der Waals surface area contributed by atoms with Crippen LogP contribution in [0.1, 0.15) is 19.8 Å². The summed E-state index contributed by atoms with van der Waals surface area (Å²) >= 11 is 18.0. The molecule has 1 saturated heterocycles. The summed E-state index contributed by atoms with van der Waals surface area (Å²) in [5.41, 5.74) is -1.36. The minimum absolute atomic E-state index is 0.251. The summed E-state index contributed by atoms with van der Waals surface area (Å²) < 4.78 is 8.76. The molecule has 0 bridgehead atoms. The van der Waals surface area contributed by atoms with Crippen molar-refractivity contribution in [3.63, 3.8) is 0 Å². The van der Waals surface area contributed by atoms with Gasteiger partial charge in [0.2, 0.25) is 5.60 Å². The molecule has 1 aliphatic carbocycles. The first-order chi connectivity index (χ1) is 6.40. The van der Waals surface area contributed by atoms with Gasteiger partial charge in [0.15, 0.2) is 9.39 Å². The van der Waals surface area contributed by atoms with E-state index in [1.54, 1.807) is 6.92 Å². The maximum Gasteiger partial charge on any atom is 0.346 e. The molecule has 1 aliphatic heterocycles. The van der Waals surface area contributed by atoms with Crippen molar-refractivity contribution in [3.05, 3.63) is 0 Å². The van der Waals surface area contributed by atoms with Crippen molar-refractivity contribution < 1.29 is 14.3 Å². The molecule has 0 aromatic heterocycles. The standard InChI is InChI=1S/C8H9Cl3O3/c1-2-13-5(12)8-6(9,10)3-4-7(8,11)14-8/h2-4H2,1H3. The summed E-state index contributed by atoms with van der Waals surface area (Å²) in [6.07, 6.45) is 0.888. The highest BCUT2D eigenvalue weighted by Crippen LogP contribution is 2.70. The average Bonchev–Trinajstić information content (AvgIpc) is 2.67. The molecule has 1 saturated carbocycles. The van der Waals surface area contributed by atoms with Gasteiger partial charge in [-0.3, -0.25) is 0 Å². The number of fused-ring (bicyclic) bond motifs is 1. The Bertz CT molecular complexity index is 294. The van der Waals surface area contributed by atoms with Crippen LogP contribution in [0.2, 0.25) is 0 Å². The highest BCUT2D eigenvalue weighted by molar-refractivity contribution is 6.53. The van der Waals surface area contributed by atoms with E-state index in [0.717, 1.165) is 0 Å². The van der Waals surface area contributed by atoms with Crippen LogP contribution in [-0.2, 0) is 14.3 Å². The fourth-order valence-electron chi connectivity index (χ4n) is 1.86. The number of alkyl halides is 3. The first kappa shape index (κ1) is 10.8. The molecule has 2 atom stereocenters. The van der Waals surface area contributed by atoms with Crippen LogP contribution in [-0.4, -0.2) is 27.6 Å². The van der Waals surface area contributed by atoms with Crippen LogP contribution < -0.4 is 0 Å². The second-order valence-corrected chi connectivity index (χ2v) is 5.53. The summed E-state index contributed by atoms with van der Waals surface area (Å²) in [5.74, 6) is -0.572. The summed E-state index contributed by atoms with van der Waals surface area (Å²) in [5, 5.41) is -1.05. The summed E-state index contributed by atoms with van der Waals surface area (Å²) in [7, 11) is 0. The lowest BCUT2D eigenvalue weighted by molar-refractivity contribution is -0.149. The van der Waals surface area contributed by atoms with Crippen molar-refractivity contribution in [2.45, 2.75) is 34.8 Å². The zero-order chi connectivity index (χ0) is 10.6. The Morgan fingerprint density at radius 2 is 2.07 bits per heavy atom. The monoisotopic (exact) mass is 258 g/mol. The fourth-order valence-corrected chi connectivity index (χ4v) is 3.13. The van der Waals surface area contributed by atoms with Crippen LogP contribution >= 0.6 is 34.8 Å². The maximum absolute atomic E-state index is 11.6. The first-order valence-electron chi connectivity index (χ1n) is 4.34. The van der Waals surface area contributed by atoms with Crippen molar-refractivity contribution >= 4 is 40.8 Å². The summed E-state index contributed by atoms with van der Waals surface area (Å²) in [4.78, 5) is 11.6. The number of esters is 1. The Hall–Kier alpha value is 0.300. The van der Waals surface area contributed by atoms with E-state index in [2.05, 4.69) is 0 Å². The lowest BCUT2D eigenvalue weighted by atomic mass is 10.1. The van der Waals surface area contributed by atoms with Gasteiger partial charge in [0.25, 0.3) is 0 Å². The molecule has 0 aromatic rings. The van der Waals surface area contributed by atoms with Crippen LogP contribution in [0.15, 0.2) is 0 Å². The molecule has 2 unspecified atom stereocenters. The van der Waals surface area contributed by atoms with E-state index in [0.29, 0.717) is 12.8 Å². The number of ether oxygens (including phenoxy) is 2. The van der Waals surface area contributed by atoms with Crippen LogP contribution in [0.3, 0.4) is 0 Å². The third kappa shape index (κ3) is 1.07.